The summed E-state index contributed by atoms with van der Waals surface area (Å²) in [5, 5.41) is 0. The van der Waals surface area contributed by atoms with Gasteiger partial charge >= 0.3 is 0 Å². The quantitative estimate of drug-likeness (QED) is 0.730. The van der Waals surface area contributed by atoms with Crippen molar-refractivity contribution in [3.05, 3.63) is 23.8 Å². The fraction of sp³-hybridized carbons (Fsp3) is 0.625. The molecule has 1 unspecified atom stereocenters. The molecule has 3 rings (SSSR count). The minimum absolute atomic E-state index is 0.0393. The highest BCUT2D eigenvalue weighted by Gasteiger charge is 2.53. The molecule has 0 aromatic carbocycles. The number of nitrogens with zero attached hydrogens (tertiary/aromatic N) is 3. The molecule has 2 fully saturated rings. The lowest BCUT2D eigenvalue weighted by atomic mass is 9.93. The van der Waals surface area contributed by atoms with Gasteiger partial charge in [-0.1, -0.05) is 19.3 Å². The highest BCUT2D eigenvalue weighted by molar-refractivity contribution is 7.88. The Labute approximate surface area is 152 Å². The summed E-state index contributed by atoms with van der Waals surface area (Å²) < 4.78 is 26.4. The molecule has 3 N–H and O–H groups in total. The van der Waals surface area contributed by atoms with Crippen LogP contribution in [0.3, 0.4) is 0 Å². The summed E-state index contributed by atoms with van der Waals surface area (Å²) in [6.45, 7) is 0.413. The lowest BCUT2D eigenvalue weighted by molar-refractivity contribution is -0.135. The Morgan fingerprint density at radius 1 is 1.35 bits per heavy atom. The first-order valence-electron chi connectivity index (χ1n) is 8.66. The van der Waals surface area contributed by atoms with Crippen LogP contribution in [-0.4, -0.2) is 53.9 Å². The van der Waals surface area contributed by atoms with Crippen LogP contribution in [0.25, 0.3) is 0 Å². The number of amides is 2. The van der Waals surface area contributed by atoms with Gasteiger partial charge < -0.3 is 10.6 Å². The summed E-state index contributed by atoms with van der Waals surface area (Å²) in [4.78, 5) is 34.6. The van der Waals surface area contributed by atoms with Gasteiger partial charge in [-0.2, -0.15) is 4.72 Å². The number of nitrogens with two attached hydrogens (primary N) is 1. The van der Waals surface area contributed by atoms with Crippen molar-refractivity contribution >= 4 is 21.8 Å². The standard InChI is InChI=1S/C16H23N5O4S/c1-26(24,25)20-16(14-18-9-7-12(19-14)13(17)22)8-10-21(15(16)23)11-5-3-2-4-6-11/h7,9,11,20H,2-6,8,10H2,1H3,(H2,17,22). The van der Waals surface area contributed by atoms with Crippen LogP contribution in [0.4, 0.5) is 0 Å². The number of aromatic nitrogens is 2. The zero-order valence-corrected chi connectivity index (χ0v) is 15.5. The summed E-state index contributed by atoms with van der Waals surface area (Å²) in [6, 6.07) is 1.43. The van der Waals surface area contributed by atoms with E-state index in [1.54, 1.807) is 4.90 Å². The van der Waals surface area contributed by atoms with Crippen molar-refractivity contribution in [3.63, 3.8) is 0 Å². The SMILES string of the molecule is CS(=O)(=O)NC1(c2nccc(C(N)=O)n2)CCN(C2CCCCC2)C1=O. The molecule has 142 valence electrons. The molecule has 0 bridgehead atoms. The van der Waals surface area contributed by atoms with Gasteiger partial charge in [0.25, 0.3) is 11.8 Å². The molecule has 26 heavy (non-hydrogen) atoms. The third kappa shape index (κ3) is 3.56. The number of carbonyl (C=O) groups is 2. The number of carbonyl (C=O) groups excluding carboxylic acids is 2. The summed E-state index contributed by atoms with van der Waals surface area (Å²) in [7, 11) is -3.73. The predicted molar refractivity (Wildman–Crippen MR) is 93.4 cm³/mol. The highest BCUT2D eigenvalue weighted by atomic mass is 32.2. The fourth-order valence-electron chi connectivity index (χ4n) is 3.85. The maximum Gasteiger partial charge on any atom is 0.267 e. The molecule has 2 heterocycles. The minimum atomic E-state index is -3.73. The van der Waals surface area contributed by atoms with Crippen molar-refractivity contribution in [1.82, 2.24) is 19.6 Å². The summed E-state index contributed by atoms with van der Waals surface area (Å²) in [5.41, 5.74) is 3.61. The number of likely N-dealkylation sites (tertiary alicyclic amines) is 1. The van der Waals surface area contributed by atoms with Crippen molar-refractivity contribution in [2.75, 3.05) is 12.8 Å². The molecular weight excluding hydrogens is 358 g/mol. The predicted octanol–water partition coefficient (Wildman–Crippen LogP) is -0.115. The van der Waals surface area contributed by atoms with Gasteiger partial charge in [0.1, 0.15) is 5.69 Å². The van der Waals surface area contributed by atoms with E-state index in [0.29, 0.717) is 6.54 Å². The first kappa shape index (κ1) is 18.7. The first-order chi connectivity index (χ1) is 12.2. The van der Waals surface area contributed by atoms with Crippen molar-refractivity contribution in [2.24, 2.45) is 5.73 Å². The van der Waals surface area contributed by atoms with Crippen LogP contribution >= 0.6 is 0 Å². The van der Waals surface area contributed by atoms with Gasteiger partial charge in [-0.25, -0.2) is 18.4 Å². The zero-order valence-electron chi connectivity index (χ0n) is 14.6. The highest BCUT2D eigenvalue weighted by Crippen LogP contribution is 2.36. The molecule has 10 heteroatoms. The Hall–Kier alpha value is -2.07. The Kier molecular flexibility index (Phi) is 4.98. The lowest BCUT2D eigenvalue weighted by Crippen LogP contribution is -2.53. The largest absolute Gasteiger partial charge is 0.364 e. The van der Waals surface area contributed by atoms with Gasteiger partial charge in [0.2, 0.25) is 10.0 Å². The van der Waals surface area contributed by atoms with Crippen LogP contribution in [-0.2, 0) is 20.4 Å². The summed E-state index contributed by atoms with van der Waals surface area (Å²) >= 11 is 0. The Bertz CT molecular complexity index is 822. The average Bonchev–Trinajstić information content (AvgIpc) is 2.92. The molecule has 1 aliphatic heterocycles. The molecular formula is C16H23N5O4S. The number of hydrogen-bond acceptors (Lipinski definition) is 6. The number of rotatable bonds is 5. The Morgan fingerprint density at radius 2 is 2.04 bits per heavy atom. The Balaban J connectivity index is 2.02. The van der Waals surface area contributed by atoms with Gasteiger partial charge in [-0.15, -0.1) is 0 Å². The fourth-order valence-corrected chi connectivity index (χ4v) is 4.76. The van der Waals surface area contributed by atoms with Crippen LogP contribution in [0, 0.1) is 0 Å². The van der Waals surface area contributed by atoms with Gasteiger partial charge in [0.05, 0.1) is 6.26 Å². The molecule has 1 aliphatic carbocycles. The van der Waals surface area contributed by atoms with E-state index in [-0.39, 0.29) is 29.9 Å². The third-order valence-corrected chi connectivity index (χ3v) is 5.74. The van der Waals surface area contributed by atoms with E-state index < -0.39 is 21.5 Å². The van der Waals surface area contributed by atoms with Gasteiger partial charge in [-0.05, 0) is 18.9 Å². The minimum Gasteiger partial charge on any atom is -0.364 e. The van der Waals surface area contributed by atoms with Crippen molar-refractivity contribution < 1.29 is 18.0 Å². The Morgan fingerprint density at radius 3 is 2.65 bits per heavy atom. The smallest absolute Gasteiger partial charge is 0.267 e. The number of sulfonamides is 1. The third-order valence-electron chi connectivity index (χ3n) is 5.02. The number of hydrogen-bond donors (Lipinski definition) is 2. The van der Waals surface area contributed by atoms with E-state index in [1.165, 1.54) is 12.3 Å². The van der Waals surface area contributed by atoms with E-state index in [4.69, 9.17) is 5.73 Å². The van der Waals surface area contributed by atoms with Crippen LogP contribution in [0.5, 0.6) is 0 Å². The number of primary amides is 1. The summed E-state index contributed by atoms with van der Waals surface area (Å²) in [6.07, 6.45) is 7.57. The summed E-state index contributed by atoms with van der Waals surface area (Å²) in [5.74, 6) is -1.17. The van der Waals surface area contributed by atoms with E-state index >= 15 is 0 Å². The van der Waals surface area contributed by atoms with Gasteiger partial charge in [0, 0.05) is 25.2 Å². The molecule has 9 nitrogen and oxygen atoms in total. The monoisotopic (exact) mass is 381 g/mol. The molecule has 1 aromatic heterocycles. The molecule has 1 saturated heterocycles. The van der Waals surface area contributed by atoms with Crippen molar-refractivity contribution in [3.8, 4) is 0 Å². The zero-order chi connectivity index (χ0) is 18.9. The van der Waals surface area contributed by atoms with Gasteiger partial charge in [0.15, 0.2) is 11.4 Å². The lowest BCUT2D eigenvalue weighted by Gasteiger charge is -2.33. The van der Waals surface area contributed by atoms with Crippen LogP contribution < -0.4 is 10.5 Å². The second-order valence-corrected chi connectivity index (χ2v) is 8.70. The molecule has 0 radical (unpaired) electrons. The van der Waals surface area contributed by atoms with Crippen molar-refractivity contribution in [2.45, 2.75) is 50.1 Å². The van der Waals surface area contributed by atoms with Crippen molar-refractivity contribution in [1.29, 1.82) is 0 Å². The van der Waals surface area contributed by atoms with Crippen LogP contribution in [0.15, 0.2) is 12.3 Å². The number of nitrogens with one attached hydrogen (secondary N) is 1. The normalized spacial score (nSPS) is 24.8. The molecule has 2 aliphatic rings. The average molecular weight is 381 g/mol. The first-order valence-corrected chi connectivity index (χ1v) is 10.6. The van der Waals surface area contributed by atoms with E-state index in [9.17, 15) is 18.0 Å². The van der Waals surface area contributed by atoms with Crippen LogP contribution in [0.1, 0.15) is 54.8 Å². The molecule has 1 saturated carbocycles. The van der Waals surface area contributed by atoms with Crippen LogP contribution in [0.2, 0.25) is 0 Å². The van der Waals surface area contributed by atoms with Gasteiger partial charge in [-0.3, -0.25) is 9.59 Å². The van der Waals surface area contributed by atoms with E-state index in [2.05, 4.69) is 14.7 Å². The maximum absolute atomic E-state index is 13.3. The molecule has 2 amide bonds. The topological polar surface area (TPSA) is 135 Å². The maximum atomic E-state index is 13.3. The molecule has 1 atom stereocenters. The van der Waals surface area contributed by atoms with E-state index in [0.717, 1.165) is 38.4 Å². The molecule has 1 aromatic rings. The van der Waals surface area contributed by atoms with E-state index in [1.807, 2.05) is 0 Å². The second-order valence-electron chi connectivity index (χ2n) is 6.95. The molecule has 0 spiro atoms. The second kappa shape index (κ2) is 6.92.